The van der Waals surface area contributed by atoms with Gasteiger partial charge >= 0.3 is 0 Å². The van der Waals surface area contributed by atoms with Crippen molar-refractivity contribution in [1.82, 2.24) is 4.98 Å². The predicted molar refractivity (Wildman–Crippen MR) is 138 cm³/mol. The van der Waals surface area contributed by atoms with Gasteiger partial charge in [-0.2, -0.15) is 0 Å². The van der Waals surface area contributed by atoms with E-state index in [0.717, 1.165) is 12.0 Å². The topological polar surface area (TPSA) is 81.9 Å². The first kappa shape index (κ1) is 23.6. The summed E-state index contributed by atoms with van der Waals surface area (Å²) in [6, 6.07) is 15.4. The second-order valence-electron chi connectivity index (χ2n) is 9.38. The van der Waals surface area contributed by atoms with Crippen LogP contribution in [0.4, 0.5) is 5.82 Å². The van der Waals surface area contributed by atoms with E-state index in [1.54, 1.807) is 43.6 Å². The van der Waals surface area contributed by atoms with Gasteiger partial charge in [0.2, 0.25) is 5.76 Å². The molecule has 2 aromatic heterocycles. The van der Waals surface area contributed by atoms with Gasteiger partial charge in [0.15, 0.2) is 16.9 Å². The number of ether oxygens (including phenoxy) is 2. The van der Waals surface area contributed by atoms with Crippen LogP contribution in [0.5, 0.6) is 11.5 Å². The van der Waals surface area contributed by atoms with Crippen molar-refractivity contribution in [3.05, 3.63) is 93.5 Å². The van der Waals surface area contributed by atoms with Crippen LogP contribution in [0.3, 0.4) is 0 Å². The molecule has 1 aliphatic heterocycles. The first-order valence-corrected chi connectivity index (χ1v) is 12.0. The number of hydrogen-bond donors (Lipinski definition) is 0. The van der Waals surface area contributed by atoms with Gasteiger partial charge in [-0.25, -0.2) is 4.98 Å². The lowest BCUT2D eigenvalue weighted by Crippen LogP contribution is -2.30. The van der Waals surface area contributed by atoms with E-state index in [4.69, 9.17) is 13.9 Å². The first-order valence-electron chi connectivity index (χ1n) is 12.0. The molecule has 0 radical (unpaired) electrons. The Morgan fingerprint density at radius 3 is 2.61 bits per heavy atom. The second-order valence-corrected chi connectivity index (χ2v) is 9.38. The molecule has 184 valence electrons. The average molecular weight is 485 g/mol. The number of carbonyl (C=O) groups is 1. The van der Waals surface area contributed by atoms with E-state index >= 15 is 0 Å². The molecule has 7 heteroatoms. The van der Waals surface area contributed by atoms with Crippen LogP contribution in [0.2, 0.25) is 0 Å². The van der Waals surface area contributed by atoms with Gasteiger partial charge in [0, 0.05) is 6.20 Å². The number of aromatic nitrogens is 1. The third kappa shape index (κ3) is 4.11. The van der Waals surface area contributed by atoms with E-state index in [0.29, 0.717) is 51.9 Å². The standard InChI is InChI=1S/C29H28N2O5/c1-17(2)12-14-35-22-11-9-19(16-23(22)34-4)26-25-27(32)20-15-18(3)8-10-21(20)36-28(25)29(33)31(26)24-7-5-6-13-30-24/h5-11,13,15-17,26H,12,14H2,1-4H3. The predicted octanol–water partition coefficient (Wildman–Crippen LogP) is 5.68. The van der Waals surface area contributed by atoms with E-state index in [1.807, 2.05) is 31.2 Å². The number of anilines is 1. The number of rotatable bonds is 7. The Hall–Kier alpha value is -4.13. The van der Waals surface area contributed by atoms with Gasteiger partial charge in [0.1, 0.15) is 11.4 Å². The number of nitrogens with zero attached hydrogens (tertiary/aromatic N) is 2. The number of aryl methyl sites for hydroxylation is 1. The SMILES string of the molecule is COc1cc(C2c3c(oc4ccc(C)cc4c3=O)C(=O)N2c2ccccn2)ccc1OCCC(C)C. The maximum atomic E-state index is 13.8. The highest BCUT2D eigenvalue weighted by atomic mass is 16.5. The molecule has 1 atom stereocenters. The van der Waals surface area contributed by atoms with Gasteiger partial charge in [-0.05, 0) is 61.2 Å². The van der Waals surface area contributed by atoms with Crippen LogP contribution in [-0.2, 0) is 0 Å². The molecule has 4 aromatic rings. The molecule has 36 heavy (non-hydrogen) atoms. The zero-order chi connectivity index (χ0) is 25.4. The molecule has 0 spiro atoms. The molecule has 1 aliphatic rings. The number of hydrogen-bond acceptors (Lipinski definition) is 6. The highest BCUT2D eigenvalue weighted by Crippen LogP contribution is 2.42. The molecule has 0 fully saturated rings. The maximum absolute atomic E-state index is 13.8. The summed E-state index contributed by atoms with van der Waals surface area (Å²) in [4.78, 5) is 33.4. The molecule has 0 bridgehead atoms. The number of benzene rings is 2. The number of pyridine rings is 1. The first-order chi connectivity index (χ1) is 17.4. The van der Waals surface area contributed by atoms with E-state index < -0.39 is 11.9 Å². The summed E-state index contributed by atoms with van der Waals surface area (Å²) in [7, 11) is 1.57. The third-order valence-corrected chi connectivity index (χ3v) is 6.38. The van der Waals surface area contributed by atoms with Gasteiger partial charge in [0.05, 0.1) is 30.7 Å². The van der Waals surface area contributed by atoms with Crippen molar-refractivity contribution in [3.63, 3.8) is 0 Å². The van der Waals surface area contributed by atoms with Gasteiger partial charge in [0.25, 0.3) is 5.91 Å². The van der Waals surface area contributed by atoms with Crippen molar-refractivity contribution in [2.75, 3.05) is 18.6 Å². The van der Waals surface area contributed by atoms with Crippen molar-refractivity contribution >= 4 is 22.7 Å². The molecule has 7 nitrogen and oxygen atoms in total. The van der Waals surface area contributed by atoms with Crippen LogP contribution >= 0.6 is 0 Å². The molecule has 1 amide bonds. The Morgan fingerprint density at radius 2 is 1.89 bits per heavy atom. The lowest BCUT2D eigenvalue weighted by atomic mass is 9.97. The molecule has 3 heterocycles. The van der Waals surface area contributed by atoms with Crippen LogP contribution in [-0.4, -0.2) is 24.6 Å². The minimum absolute atomic E-state index is 0.0308. The fourth-order valence-corrected chi connectivity index (χ4v) is 4.51. The molecule has 0 aliphatic carbocycles. The van der Waals surface area contributed by atoms with Crippen LogP contribution < -0.4 is 19.8 Å². The normalized spacial score (nSPS) is 15.0. The summed E-state index contributed by atoms with van der Waals surface area (Å²) >= 11 is 0. The van der Waals surface area contributed by atoms with Crippen LogP contribution in [0.15, 0.2) is 70.0 Å². The largest absolute Gasteiger partial charge is 0.493 e. The molecule has 0 saturated carbocycles. The number of carbonyl (C=O) groups excluding carboxylic acids is 1. The van der Waals surface area contributed by atoms with Gasteiger partial charge in [-0.1, -0.05) is 37.6 Å². The zero-order valence-corrected chi connectivity index (χ0v) is 20.8. The van der Waals surface area contributed by atoms with E-state index in [2.05, 4.69) is 18.8 Å². The van der Waals surface area contributed by atoms with Gasteiger partial charge in [-0.3, -0.25) is 14.5 Å². The minimum Gasteiger partial charge on any atom is -0.493 e. The number of methoxy groups -OCH3 is 1. The Bertz CT molecular complexity index is 1490. The molecule has 5 rings (SSSR count). The van der Waals surface area contributed by atoms with Crippen LogP contribution in [0.25, 0.3) is 11.0 Å². The second kappa shape index (κ2) is 9.49. The van der Waals surface area contributed by atoms with E-state index in [-0.39, 0.29) is 11.2 Å². The Kier molecular flexibility index (Phi) is 6.22. The Balaban J connectivity index is 1.68. The molecular formula is C29H28N2O5. The van der Waals surface area contributed by atoms with Gasteiger partial charge in [-0.15, -0.1) is 0 Å². The molecule has 1 unspecified atom stereocenters. The van der Waals surface area contributed by atoms with E-state index in [1.165, 1.54) is 4.90 Å². The highest BCUT2D eigenvalue weighted by molar-refractivity contribution is 6.10. The van der Waals surface area contributed by atoms with Crippen molar-refractivity contribution in [2.45, 2.75) is 33.2 Å². The van der Waals surface area contributed by atoms with Gasteiger partial charge < -0.3 is 13.9 Å². The summed E-state index contributed by atoms with van der Waals surface area (Å²) in [5.74, 6) is 1.69. The Labute approximate surface area is 209 Å². The zero-order valence-electron chi connectivity index (χ0n) is 20.8. The molecule has 2 aromatic carbocycles. The van der Waals surface area contributed by atoms with Crippen LogP contribution in [0, 0.1) is 12.8 Å². The van der Waals surface area contributed by atoms with E-state index in [9.17, 15) is 9.59 Å². The average Bonchev–Trinajstić information content (AvgIpc) is 3.17. The fraction of sp³-hybridized carbons (Fsp3) is 0.276. The summed E-state index contributed by atoms with van der Waals surface area (Å²) in [5, 5.41) is 0.440. The van der Waals surface area contributed by atoms with Crippen molar-refractivity contribution < 1.29 is 18.7 Å². The molecule has 0 N–H and O–H groups in total. The lowest BCUT2D eigenvalue weighted by Gasteiger charge is -2.25. The summed E-state index contributed by atoms with van der Waals surface area (Å²) in [5.41, 5.74) is 2.06. The lowest BCUT2D eigenvalue weighted by molar-refractivity contribution is 0.0970. The summed E-state index contributed by atoms with van der Waals surface area (Å²) < 4.78 is 17.6. The quantitative estimate of drug-likeness (QED) is 0.336. The maximum Gasteiger partial charge on any atom is 0.296 e. The summed E-state index contributed by atoms with van der Waals surface area (Å²) in [6.07, 6.45) is 2.53. The Morgan fingerprint density at radius 1 is 1.06 bits per heavy atom. The fourth-order valence-electron chi connectivity index (χ4n) is 4.51. The monoisotopic (exact) mass is 484 g/mol. The number of fused-ring (bicyclic) bond motifs is 2. The smallest absolute Gasteiger partial charge is 0.296 e. The number of amides is 1. The van der Waals surface area contributed by atoms with Crippen LogP contribution in [0.1, 0.15) is 53.6 Å². The summed E-state index contributed by atoms with van der Waals surface area (Å²) in [6.45, 7) is 6.76. The highest BCUT2D eigenvalue weighted by Gasteiger charge is 2.44. The minimum atomic E-state index is -0.734. The van der Waals surface area contributed by atoms with Crippen molar-refractivity contribution in [1.29, 1.82) is 0 Å². The third-order valence-electron chi connectivity index (χ3n) is 6.38. The molecule has 0 saturated heterocycles. The van der Waals surface area contributed by atoms with Crippen molar-refractivity contribution in [3.8, 4) is 11.5 Å². The molecular weight excluding hydrogens is 456 g/mol. The van der Waals surface area contributed by atoms with Crippen molar-refractivity contribution in [2.24, 2.45) is 5.92 Å².